The molecule has 332 valence electrons. The second-order valence-corrected chi connectivity index (χ2v) is 17.8. The van der Waals surface area contributed by atoms with Gasteiger partial charge in [-0.15, -0.1) is 0 Å². The Morgan fingerprint density at radius 3 is 1.20 bits per heavy atom. The minimum absolute atomic E-state index is 1.08. The molecule has 11 aromatic carbocycles. The summed E-state index contributed by atoms with van der Waals surface area (Å²) in [5.74, 6) is 0. The van der Waals surface area contributed by atoms with Gasteiger partial charge in [0.2, 0.25) is 0 Å². The van der Waals surface area contributed by atoms with Gasteiger partial charge in [-0.3, -0.25) is 0 Å². The molecule has 3 nitrogen and oxygen atoms in total. The van der Waals surface area contributed by atoms with Gasteiger partial charge in [0.1, 0.15) is 0 Å². The lowest BCUT2D eigenvalue weighted by Gasteiger charge is -2.27. The summed E-state index contributed by atoms with van der Waals surface area (Å²) in [6.45, 7) is 2.18. The summed E-state index contributed by atoms with van der Waals surface area (Å²) in [7, 11) is 0. The number of hydrogen-bond donors (Lipinski definition) is 0. The van der Waals surface area contributed by atoms with Crippen LogP contribution in [0.25, 0.3) is 72.0 Å². The van der Waals surface area contributed by atoms with E-state index in [4.69, 9.17) is 0 Å². The molecule has 1 aromatic heterocycles. The Balaban J connectivity index is 0.987. The molecule has 0 unspecified atom stereocenters. The van der Waals surface area contributed by atoms with Crippen LogP contribution in [-0.4, -0.2) is 4.57 Å². The lowest BCUT2D eigenvalue weighted by molar-refractivity contribution is 1.18. The zero-order valence-corrected chi connectivity index (χ0v) is 38.9. The molecule has 0 atom stereocenters. The summed E-state index contributed by atoms with van der Waals surface area (Å²) >= 11 is 0. The molecule has 0 saturated carbocycles. The van der Waals surface area contributed by atoms with Crippen molar-refractivity contribution in [2.75, 3.05) is 9.80 Å². The van der Waals surface area contributed by atoms with Crippen LogP contribution in [0.15, 0.2) is 279 Å². The topological polar surface area (TPSA) is 11.4 Å². The maximum absolute atomic E-state index is 2.41. The Bertz CT molecular complexity index is 3730. The van der Waals surface area contributed by atoms with E-state index in [-0.39, 0.29) is 0 Å². The van der Waals surface area contributed by atoms with Gasteiger partial charge in [0, 0.05) is 50.6 Å². The minimum Gasteiger partial charge on any atom is -0.310 e. The highest BCUT2D eigenvalue weighted by atomic mass is 15.1. The third kappa shape index (κ3) is 7.90. The Labute approximate surface area is 410 Å². The van der Waals surface area contributed by atoms with E-state index in [0.29, 0.717) is 0 Å². The van der Waals surface area contributed by atoms with Crippen molar-refractivity contribution < 1.29 is 0 Å². The standard InChI is InChI=1S/C67H49N3/c1-48-21-17-19-33-65(48)69(54-28-13-5-14-29-54)57-41-37-52(38-42-57)64-47-61(49-22-7-2-8-23-49)63(46-62(64)50-24-9-3-10-25-50)51-35-39-56(40-36-51)68(53-26-11-4-12-27-53)58-43-44-60-59-32-18-20-34-66(59)70(67(60)45-58)55-30-15-6-16-31-55/h2-47H,1H3. The molecule has 1 heterocycles. The molecule has 0 radical (unpaired) electrons. The maximum atomic E-state index is 2.41. The van der Waals surface area contributed by atoms with E-state index in [1.807, 2.05) is 0 Å². The number of aromatic nitrogens is 1. The van der Waals surface area contributed by atoms with Gasteiger partial charge in [-0.05, 0) is 154 Å². The van der Waals surface area contributed by atoms with Gasteiger partial charge in [-0.25, -0.2) is 0 Å². The van der Waals surface area contributed by atoms with Crippen molar-refractivity contribution in [3.05, 3.63) is 285 Å². The van der Waals surface area contributed by atoms with Gasteiger partial charge in [-0.2, -0.15) is 0 Å². The van der Waals surface area contributed by atoms with Gasteiger partial charge in [0.05, 0.1) is 11.0 Å². The maximum Gasteiger partial charge on any atom is 0.0561 e. The summed E-state index contributed by atoms with van der Waals surface area (Å²) in [4.78, 5) is 4.72. The van der Waals surface area contributed by atoms with Crippen molar-refractivity contribution >= 4 is 55.9 Å². The smallest absolute Gasteiger partial charge is 0.0561 e. The first-order valence-corrected chi connectivity index (χ1v) is 24.0. The van der Waals surface area contributed by atoms with Crippen molar-refractivity contribution in [2.45, 2.75) is 6.92 Å². The average molecular weight is 896 g/mol. The van der Waals surface area contributed by atoms with Crippen LogP contribution in [0.5, 0.6) is 0 Å². The number of benzene rings is 11. The van der Waals surface area contributed by atoms with Crippen LogP contribution in [-0.2, 0) is 0 Å². The Hall–Kier alpha value is -9.18. The molecule has 0 saturated heterocycles. The number of rotatable bonds is 11. The van der Waals surface area contributed by atoms with Gasteiger partial charge in [-0.1, -0.05) is 182 Å². The zero-order chi connectivity index (χ0) is 46.8. The van der Waals surface area contributed by atoms with Crippen molar-refractivity contribution in [3.63, 3.8) is 0 Å². The van der Waals surface area contributed by atoms with Crippen molar-refractivity contribution in [3.8, 4) is 50.2 Å². The second-order valence-electron chi connectivity index (χ2n) is 17.8. The number of anilines is 6. The average Bonchev–Trinajstić information content (AvgIpc) is 3.77. The molecule has 0 aliphatic carbocycles. The molecule has 0 spiro atoms. The number of fused-ring (bicyclic) bond motifs is 3. The quantitative estimate of drug-likeness (QED) is 0.128. The summed E-state index contributed by atoms with van der Waals surface area (Å²) in [5.41, 5.74) is 20.7. The van der Waals surface area contributed by atoms with Crippen LogP contribution in [0, 0.1) is 6.92 Å². The molecular formula is C67H49N3. The molecule has 0 bridgehead atoms. The van der Waals surface area contributed by atoms with Crippen molar-refractivity contribution in [1.82, 2.24) is 4.57 Å². The molecule has 0 amide bonds. The molecule has 12 rings (SSSR count). The first-order chi connectivity index (χ1) is 34.7. The fraction of sp³-hybridized carbons (Fsp3) is 0.0149. The number of hydrogen-bond acceptors (Lipinski definition) is 2. The van der Waals surface area contributed by atoms with Gasteiger partial charge in [0.15, 0.2) is 0 Å². The van der Waals surface area contributed by atoms with Crippen LogP contribution in [0.1, 0.15) is 5.56 Å². The van der Waals surface area contributed by atoms with Crippen LogP contribution in [0.2, 0.25) is 0 Å². The lowest BCUT2D eigenvalue weighted by atomic mass is 9.85. The van der Waals surface area contributed by atoms with Crippen LogP contribution in [0.3, 0.4) is 0 Å². The molecular weight excluding hydrogens is 847 g/mol. The van der Waals surface area contributed by atoms with Crippen LogP contribution >= 0.6 is 0 Å². The van der Waals surface area contributed by atoms with Crippen molar-refractivity contribution in [2.24, 2.45) is 0 Å². The highest BCUT2D eigenvalue weighted by molar-refractivity contribution is 6.10. The fourth-order valence-corrected chi connectivity index (χ4v) is 10.2. The SMILES string of the molecule is Cc1ccccc1N(c1ccccc1)c1ccc(-c2cc(-c3ccccc3)c(-c3ccc(N(c4ccccc4)c4ccc5c6ccccc6n(-c6ccccc6)c5c4)cc3)cc2-c2ccccc2)cc1. The van der Waals surface area contributed by atoms with Gasteiger partial charge < -0.3 is 14.4 Å². The number of nitrogens with zero attached hydrogens (tertiary/aromatic N) is 3. The lowest BCUT2D eigenvalue weighted by Crippen LogP contribution is -2.11. The molecule has 12 aromatic rings. The molecule has 0 aliphatic heterocycles. The Morgan fingerprint density at radius 2 is 0.657 bits per heavy atom. The first kappa shape index (κ1) is 42.2. The summed E-state index contributed by atoms with van der Waals surface area (Å²) < 4.78 is 2.39. The Kier molecular flexibility index (Phi) is 11.1. The summed E-state index contributed by atoms with van der Waals surface area (Å²) in [6, 6.07) is 101. The summed E-state index contributed by atoms with van der Waals surface area (Å²) in [6.07, 6.45) is 0. The molecule has 0 aliphatic rings. The normalized spacial score (nSPS) is 11.2. The molecule has 3 heteroatoms. The van der Waals surface area contributed by atoms with E-state index in [1.165, 1.54) is 55.2 Å². The predicted octanol–water partition coefficient (Wildman–Crippen LogP) is 18.7. The van der Waals surface area contributed by atoms with E-state index >= 15 is 0 Å². The largest absolute Gasteiger partial charge is 0.310 e. The van der Waals surface area contributed by atoms with E-state index in [0.717, 1.165) is 56.5 Å². The van der Waals surface area contributed by atoms with E-state index < -0.39 is 0 Å². The fourth-order valence-electron chi connectivity index (χ4n) is 10.2. The van der Waals surface area contributed by atoms with Gasteiger partial charge in [0.25, 0.3) is 0 Å². The monoisotopic (exact) mass is 895 g/mol. The van der Waals surface area contributed by atoms with E-state index in [9.17, 15) is 0 Å². The first-order valence-electron chi connectivity index (χ1n) is 24.0. The number of para-hydroxylation sites is 5. The number of aryl methyl sites for hydroxylation is 1. The third-order valence-corrected chi connectivity index (χ3v) is 13.5. The second kappa shape index (κ2) is 18.5. The predicted molar refractivity (Wildman–Crippen MR) is 297 cm³/mol. The van der Waals surface area contributed by atoms with E-state index in [2.05, 4.69) is 300 Å². The minimum atomic E-state index is 1.08. The zero-order valence-electron chi connectivity index (χ0n) is 38.9. The Morgan fingerprint density at radius 1 is 0.271 bits per heavy atom. The third-order valence-electron chi connectivity index (χ3n) is 13.5. The van der Waals surface area contributed by atoms with Crippen molar-refractivity contribution in [1.29, 1.82) is 0 Å². The molecule has 0 N–H and O–H groups in total. The summed E-state index contributed by atoms with van der Waals surface area (Å²) in [5, 5.41) is 2.47. The van der Waals surface area contributed by atoms with Gasteiger partial charge >= 0.3 is 0 Å². The molecule has 70 heavy (non-hydrogen) atoms. The molecule has 0 fully saturated rings. The van der Waals surface area contributed by atoms with Crippen LogP contribution < -0.4 is 9.80 Å². The van der Waals surface area contributed by atoms with E-state index in [1.54, 1.807) is 0 Å². The van der Waals surface area contributed by atoms with Crippen LogP contribution in [0.4, 0.5) is 34.1 Å². The highest BCUT2D eigenvalue weighted by Crippen LogP contribution is 2.45. The highest BCUT2D eigenvalue weighted by Gasteiger charge is 2.21.